The Balaban J connectivity index is 1.46. The Hall–Kier alpha value is -2.97. The van der Waals surface area contributed by atoms with Crippen molar-refractivity contribution in [1.82, 2.24) is 5.32 Å². The number of carbonyl (C=O) groups excluding carboxylic acids is 2. The number of para-hydroxylation sites is 1. The third kappa shape index (κ3) is 6.82. The minimum absolute atomic E-state index is 0.242. The molecule has 0 atom stereocenters. The van der Waals surface area contributed by atoms with Crippen LogP contribution in [0.15, 0.2) is 48.5 Å². The van der Waals surface area contributed by atoms with Crippen molar-refractivity contribution in [3.05, 3.63) is 59.9 Å². The van der Waals surface area contributed by atoms with Gasteiger partial charge in [-0.25, -0.2) is 4.39 Å². The topological polar surface area (TPSA) is 81.1 Å². The molecule has 2 amide bonds. The van der Waals surface area contributed by atoms with Crippen LogP contribution in [0.3, 0.4) is 0 Å². The SMILES string of the molecule is O=C(COc1cccc(F)c1)Nc1ccccc1C(=O)NCCC[NH+]1CCOCC1. The number of benzene rings is 2. The van der Waals surface area contributed by atoms with Gasteiger partial charge in [0.05, 0.1) is 31.0 Å². The number of hydrogen-bond acceptors (Lipinski definition) is 4. The lowest BCUT2D eigenvalue weighted by Gasteiger charge is -2.23. The molecule has 0 unspecified atom stereocenters. The fraction of sp³-hybridized carbons (Fsp3) is 0.364. The third-order valence-electron chi connectivity index (χ3n) is 4.80. The van der Waals surface area contributed by atoms with Crippen molar-refractivity contribution in [2.45, 2.75) is 6.42 Å². The van der Waals surface area contributed by atoms with Gasteiger partial charge in [0.1, 0.15) is 24.7 Å². The molecule has 3 rings (SSSR count). The maximum absolute atomic E-state index is 13.2. The van der Waals surface area contributed by atoms with E-state index in [4.69, 9.17) is 9.47 Å². The molecule has 0 spiro atoms. The molecule has 2 aromatic rings. The third-order valence-corrected chi connectivity index (χ3v) is 4.80. The highest BCUT2D eigenvalue weighted by atomic mass is 19.1. The Morgan fingerprint density at radius 1 is 1.10 bits per heavy atom. The molecule has 1 aliphatic rings. The molecule has 0 saturated carbocycles. The fourth-order valence-corrected chi connectivity index (χ4v) is 3.23. The maximum Gasteiger partial charge on any atom is 0.262 e. The summed E-state index contributed by atoms with van der Waals surface area (Å²) in [4.78, 5) is 26.2. The highest BCUT2D eigenvalue weighted by Gasteiger charge is 2.15. The Kier molecular flexibility index (Phi) is 8.17. The van der Waals surface area contributed by atoms with E-state index in [1.165, 1.54) is 23.1 Å². The highest BCUT2D eigenvalue weighted by molar-refractivity contribution is 6.04. The number of halogens is 1. The Morgan fingerprint density at radius 3 is 2.70 bits per heavy atom. The summed E-state index contributed by atoms with van der Waals surface area (Å²) in [7, 11) is 0. The molecule has 1 aliphatic heterocycles. The van der Waals surface area contributed by atoms with E-state index >= 15 is 0 Å². The van der Waals surface area contributed by atoms with Gasteiger partial charge >= 0.3 is 0 Å². The van der Waals surface area contributed by atoms with Gasteiger partial charge in [0.25, 0.3) is 11.8 Å². The van der Waals surface area contributed by atoms with Gasteiger partial charge in [-0.15, -0.1) is 0 Å². The monoisotopic (exact) mass is 416 g/mol. The second-order valence-electron chi connectivity index (χ2n) is 7.06. The van der Waals surface area contributed by atoms with Crippen molar-refractivity contribution >= 4 is 17.5 Å². The summed E-state index contributed by atoms with van der Waals surface area (Å²) in [5, 5.41) is 5.59. The number of nitrogens with one attached hydrogen (secondary N) is 3. The lowest BCUT2D eigenvalue weighted by molar-refractivity contribution is -0.908. The van der Waals surface area contributed by atoms with E-state index < -0.39 is 11.7 Å². The van der Waals surface area contributed by atoms with E-state index in [1.807, 2.05) is 0 Å². The van der Waals surface area contributed by atoms with Crippen molar-refractivity contribution < 1.29 is 28.4 Å². The zero-order chi connectivity index (χ0) is 21.2. The molecule has 30 heavy (non-hydrogen) atoms. The zero-order valence-electron chi connectivity index (χ0n) is 16.8. The molecule has 2 aromatic carbocycles. The second-order valence-corrected chi connectivity index (χ2v) is 7.06. The molecule has 7 nitrogen and oxygen atoms in total. The van der Waals surface area contributed by atoms with Crippen LogP contribution in [0.1, 0.15) is 16.8 Å². The summed E-state index contributed by atoms with van der Waals surface area (Å²) in [5.41, 5.74) is 0.789. The van der Waals surface area contributed by atoms with Crippen LogP contribution in [-0.2, 0) is 9.53 Å². The summed E-state index contributed by atoms with van der Waals surface area (Å²) in [6.07, 6.45) is 0.872. The average Bonchev–Trinajstić information content (AvgIpc) is 2.76. The van der Waals surface area contributed by atoms with Crippen molar-refractivity contribution in [1.29, 1.82) is 0 Å². The standard InChI is InChI=1S/C22H26FN3O4/c23-17-5-3-6-18(15-17)30-16-21(27)25-20-8-2-1-7-19(20)22(28)24-9-4-10-26-11-13-29-14-12-26/h1-3,5-8,15H,4,9-14,16H2,(H,24,28)(H,25,27)/p+1. The number of hydrogen-bond donors (Lipinski definition) is 3. The quantitative estimate of drug-likeness (QED) is 0.530. The first-order chi connectivity index (χ1) is 14.6. The van der Waals surface area contributed by atoms with Gasteiger partial charge in [-0.1, -0.05) is 18.2 Å². The Bertz CT molecular complexity index is 856. The van der Waals surface area contributed by atoms with Crippen molar-refractivity contribution in [2.75, 3.05) is 51.3 Å². The van der Waals surface area contributed by atoms with Crippen LogP contribution in [0, 0.1) is 5.82 Å². The minimum atomic E-state index is -0.440. The van der Waals surface area contributed by atoms with E-state index in [1.54, 1.807) is 30.3 Å². The Morgan fingerprint density at radius 2 is 1.90 bits per heavy atom. The molecule has 3 N–H and O–H groups in total. The van der Waals surface area contributed by atoms with Gasteiger partial charge in [-0.05, 0) is 24.3 Å². The van der Waals surface area contributed by atoms with Crippen LogP contribution in [0.2, 0.25) is 0 Å². The van der Waals surface area contributed by atoms with Crippen molar-refractivity contribution in [2.24, 2.45) is 0 Å². The first-order valence-electron chi connectivity index (χ1n) is 10.1. The maximum atomic E-state index is 13.2. The van der Waals surface area contributed by atoms with Gasteiger partial charge in [0, 0.05) is 19.0 Å². The second kappa shape index (κ2) is 11.3. The van der Waals surface area contributed by atoms with Gasteiger partial charge < -0.3 is 25.0 Å². The molecule has 0 aliphatic carbocycles. The molecule has 0 aromatic heterocycles. The lowest BCUT2D eigenvalue weighted by Crippen LogP contribution is -3.14. The molecule has 1 heterocycles. The van der Waals surface area contributed by atoms with Gasteiger partial charge in [-0.3, -0.25) is 9.59 Å². The Labute approximate surface area is 175 Å². The van der Waals surface area contributed by atoms with E-state index in [0.717, 1.165) is 39.3 Å². The predicted molar refractivity (Wildman–Crippen MR) is 110 cm³/mol. The number of rotatable bonds is 9. The summed E-state index contributed by atoms with van der Waals surface area (Å²) in [6, 6.07) is 12.4. The van der Waals surface area contributed by atoms with E-state index in [0.29, 0.717) is 17.8 Å². The van der Waals surface area contributed by atoms with Crippen LogP contribution in [0.5, 0.6) is 5.75 Å². The molecule has 0 radical (unpaired) electrons. The summed E-state index contributed by atoms with van der Waals surface area (Å²) in [5.74, 6) is -0.854. The normalized spacial score (nSPS) is 14.2. The number of morpholine rings is 1. The van der Waals surface area contributed by atoms with Crippen molar-refractivity contribution in [3.8, 4) is 5.75 Å². The highest BCUT2D eigenvalue weighted by Crippen LogP contribution is 2.16. The fourth-order valence-electron chi connectivity index (χ4n) is 3.23. The largest absolute Gasteiger partial charge is 0.484 e. The molecule has 0 bridgehead atoms. The first kappa shape index (κ1) is 21.7. The van der Waals surface area contributed by atoms with Crippen molar-refractivity contribution in [3.63, 3.8) is 0 Å². The van der Waals surface area contributed by atoms with Crippen LogP contribution in [0.4, 0.5) is 10.1 Å². The van der Waals surface area contributed by atoms with E-state index in [2.05, 4.69) is 10.6 Å². The summed E-state index contributed by atoms with van der Waals surface area (Å²) >= 11 is 0. The molecule has 1 fully saturated rings. The van der Waals surface area contributed by atoms with Crippen LogP contribution in [-0.4, -0.2) is 57.8 Å². The number of anilines is 1. The molecular formula is C22H27FN3O4+. The van der Waals surface area contributed by atoms with Crippen LogP contribution >= 0.6 is 0 Å². The van der Waals surface area contributed by atoms with Gasteiger partial charge in [-0.2, -0.15) is 0 Å². The first-order valence-corrected chi connectivity index (χ1v) is 10.1. The number of quaternary nitrogens is 1. The number of amides is 2. The zero-order valence-corrected chi connectivity index (χ0v) is 16.8. The number of carbonyl (C=O) groups is 2. The summed E-state index contributed by atoms with van der Waals surface area (Å²) in [6.45, 7) is 4.84. The van der Waals surface area contributed by atoms with E-state index in [-0.39, 0.29) is 18.3 Å². The van der Waals surface area contributed by atoms with Crippen LogP contribution < -0.4 is 20.3 Å². The number of ether oxygens (including phenoxy) is 2. The molecule has 160 valence electrons. The summed E-state index contributed by atoms with van der Waals surface area (Å²) < 4.78 is 23.8. The average molecular weight is 416 g/mol. The minimum Gasteiger partial charge on any atom is -0.484 e. The van der Waals surface area contributed by atoms with E-state index in [9.17, 15) is 14.0 Å². The lowest BCUT2D eigenvalue weighted by atomic mass is 10.1. The smallest absolute Gasteiger partial charge is 0.262 e. The molecular weight excluding hydrogens is 389 g/mol. The molecule has 8 heteroatoms. The molecule has 1 saturated heterocycles. The van der Waals surface area contributed by atoms with Gasteiger partial charge in [0.2, 0.25) is 0 Å². The van der Waals surface area contributed by atoms with Crippen LogP contribution in [0.25, 0.3) is 0 Å². The predicted octanol–water partition coefficient (Wildman–Crippen LogP) is 0.878. The van der Waals surface area contributed by atoms with Gasteiger partial charge in [0.15, 0.2) is 6.61 Å².